The monoisotopic (exact) mass is 379 g/mol. The minimum Gasteiger partial charge on any atom is -0.468 e. The zero-order valence-corrected chi connectivity index (χ0v) is 15.3. The Kier molecular flexibility index (Phi) is 4.21. The lowest BCUT2D eigenvalue weighted by atomic mass is 10.2. The number of nitrogen functional groups attached to an aromatic ring is 1. The van der Waals surface area contributed by atoms with Gasteiger partial charge < -0.3 is 19.9 Å². The molecule has 0 spiro atoms. The molecule has 1 fully saturated rings. The van der Waals surface area contributed by atoms with E-state index >= 15 is 0 Å². The molecule has 1 atom stereocenters. The van der Waals surface area contributed by atoms with Crippen molar-refractivity contribution in [2.45, 2.75) is 25.4 Å². The number of nitrogens with one attached hydrogen (secondary N) is 1. The van der Waals surface area contributed by atoms with Crippen LogP contribution in [0, 0.1) is 0 Å². The van der Waals surface area contributed by atoms with E-state index in [1.165, 1.54) is 10.9 Å². The minimum atomic E-state index is 0.418. The van der Waals surface area contributed by atoms with Gasteiger partial charge in [-0.25, -0.2) is 0 Å². The Bertz CT molecular complexity index is 1060. The molecule has 0 aromatic carbocycles. The molecule has 9 nitrogen and oxygen atoms in total. The van der Waals surface area contributed by atoms with Crippen molar-refractivity contribution in [2.24, 2.45) is 0 Å². The Morgan fingerprint density at radius 2 is 2.07 bits per heavy atom. The zero-order valence-electron chi connectivity index (χ0n) is 15.3. The maximum atomic E-state index is 6.15. The molecule has 5 heterocycles. The number of nitrogens with zero attached hydrogens (tertiary/aromatic N) is 5. The molecule has 4 aromatic heterocycles. The van der Waals surface area contributed by atoms with Gasteiger partial charge in [-0.2, -0.15) is 14.5 Å². The van der Waals surface area contributed by atoms with E-state index in [2.05, 4.69) is 25.3 Å². The van der Waals surface area contributed by atoms with E-state index in [1.807, 2.05) is 12.1 Å². The van der Waals surface area contributed by atoms with Crippen molar-refractivity contribution in [1.29, 1.82) is 0 Å². The molecule has 5 rings (SSSR count). The van der Waals surface area contributed by atoms with Crippen LogP contribution in [0.3, 0.4) is 0 Å². The van der Waals surface area contributed by atoms with Crippen LogP contribution in [0.1, 0.15) is 18.6 Å². The standard InChI is InChI=1S/C19H21N7O2/c20-16-10-17(22-19-23-18(24-26(16)19)15-6-3-9-28-15)21-11-13-4-1-7-25(13)12-14-5-2-8-27-14/h2-3,5-6,8-10,13H,1,4,7,11-12,20H2,(H,21,22,23,24). The Morgan fingerprint density at radius 3 is 2.89 bits per heavy atom. The number of fused-ring (bicyclic) bond motifs is 1. The highest BCUT2D eigenvalue weighted by molar-refractivity contribution is 5.56. The molecular weight excluding hydrogens is 358 g/mol. The third-order valence-electron chi connectivity index (χ3n) is 5.04. The second-order valence-corrected chi connectivity index (χ2v) is 6.92. The summed E-state index contributed by atoms with van der Waals surface area (Å²) in [5.74, 6) is 3.63. The SMILES string of the molecule is Nc1cc(NCC2CCCN2Cc2ccco2)nc2nc(-c3ccco3)nn12. The summed E-state index contributed by atoms with van der Waals surface area (Å²) in [6, 6.07) is 9.73. The van der Waals surface area contributed by atoms with Gasteiger partial charge in [0.1, 0.15) is 17.4 Å². The first kappa shape index (κ1) is 16.8. The van der Waals surface area contributed by atoms with Crippen LogP contribution in [0.15, 0.2) is 51.7 Å². The third-order valence-corrected chi connectivity index (χ3v) is 5.04. The van der Waals surface area contributed by atoms with Gasteiger partial charge in [-0.3, -0.25) is 4.90 Å². The maximum Gasteiger partial charge on any atom is 0.256 e. The predicted octanol–water partition coefficient (Wildman–Crippen LogP) is 2.64. The summed E-state index contributed by atoms with van der Waals surface area (Å²) >= 11 is 0. The molecule has 9 heteroatoms. The fourth-order valence-corrected chi connectivity index (χ4v) is 3.65. The van der Waals surface area contributed by atoms with Gasteiger partial charge in [0.25, 0.3) is 5.78 Å². The van der Waals surface area contributed by atoms with E-state index in [0.717, 1.165) is 31.8 Å². The van der Waals surface area contributed by atoms with E-state index < -0.39 is 0 Å². The van der Waals surface area contributed by atoms with Crippen molar-refractivity contribution in [3.05, 3.63) is 48.6 Å². The molecule has 4 aromatic rings. The zero-order chi connectivity index (χ0) is 18.9. The van der Waals surface area contributed by atoms with Gasteiger partial charge in [0.05, 0.1) is 19.1 Å². The number of likely N-dealkylation sites (tertiary alicyclic amines) is 1. The average Bonchev–Trinajstić information content (AvgIpc) is 3.47. The molecule has 1 aliphatic heterocycles. The first-order valence-corrected chi connectivity index (χ1v) is 9.34. The van der Waals surface area contributed by atoms with E-state index in [4.69, 9.17) is 14.6 Å². The van der Waals surface area contributed by atoms with Gasteiger partial charge in [-0.05, 0) is 43.7 Å². The first-order chi connectivity index (χ1) is 13.8. The summed E-state index contributed by atoms with van der Waals surface area (Å²) in [4.78, 5) is 11.4. The second kappa shape index (κ2) is 7.01. The highest BCUT2D eigenvalue weighted by atomic mass is 16.3. The van der Waals surface area contributed by atoms with Crippen molar-refractivity contribution < 1.29 is 8.83 Å². The second-order valence-electron chi connectivity index (χ2n) is 6.92. The van der Waals surface area contributed by atoms with Crippen molar-refractivity contribution in [2.75, 3.05) is 24.1 Å². The first-order valence-electron chi connectivity index (χ1n) is 9.34. The van der Waals surface area contributed by atoms with Crippen LogP contribution in [-0.2, 0) is 6.54 Å². The molecule has 144 valence electrons. The molecule has 0 saturated carbocycles. The Morgan fingerprint density at radius 1 is 1.18 bits per heavy atom. The lowest BCUT2D eigenvalue weighted by Gasteiger charge is -2.23. The van der Waals surface area contributed by atoms with Crippen LogP contribution in [0.2, 0.25) is 0 Å². The molecular formula is C19H21N7O2. The van der Waals surface area contributed by atoms with Crippen molar-refractivity contribution in [3.8, 4) is 11.6 Å². The van der Waals surface area contributed by atoms with E-state index in [1.54, 1.807) is 30.7 Å². The summed E-state index contributed by atoms with van der Waals surface area (Å²) < 4.78 is 12.4. The molecule has 3 N–H and O–H groups in total. The quantitative estimate of drug-likeness (QED) is 0.526. The summed E-state index contributed by atoms with van der Waals surface area (Å²) in [7, 11) is 0. The Balaban J connectivity index is 1.31. The lowest BCUT2D eigenvalue weighted by molar-refractivity contribution is 0.233. The topological polar surface area (TPSA) is 111 Å². The molecule has 0 amide bonds. The largest absolute Gasteiger partial charge is 0.468 e. The van der Waals surface area contributed by atoms with E-state index in [0.29, 0.717) is 35.0 Å². The Hall–Kier alpha value is -3.33. The fourth-order valence-electron chi connectivity index (χ4n) is 3.65. The van der Waals surface area contributed by atoms with Gasteiger partial charge in [0.15, 0.2) is 5.76 Å². The van der Waals surface area contributed by atoms with Crippen LogP contribution in [0.25, 0.3) is 17.4 Å². The summed E-state index contributed by atoms with van der Waals surface area (Å²) in [5, 5.41) is 7.77. The van der Waals surface area contributed by atoms with Gasteiger partial charge in [-0.15, -0.1) is 5.10 Å². The highest BCUT2D eigenvalue weighted by Gasteiger charge is 2.25. The number of anilines is 2. The van der Waals surface area contributed by atoms with Crippen LogP contribution in [-0.4, -0.2) is 43.6 Å². The number of aromatic nitrogens is 4. The third kappa shape index (κ3) is 3.20. The van der Waals surface area contributed by atoms with Gasteiger partial charge in [-0.1, -0.05) is 0 Å². The minimum absolute atomic E-state index is 0.418. The smallest absolute Gasteiger partial charge is 0.256 e. The highest BCUT2D eigenvalue weighted by Crippen LogP contribution is 2.22. The average molecular weight is 379 g/mol. The number of nitrogens with two attached hydrogens (primary N) is 1. The van der Waals surface area contributed by atoms with Crippen LogP contribution >= 0.6 is 0 Å². The van der Waals surface area contributed by atoms with Crippen LogP contribution in [0.4, 0.5) is 11.6 Å². The molecule has 0 bridgehead atoms. The van der Waals surface area contributed by atoms with E-state index in [9.17, 15) is 0 Å². The number of furan rings is 2. The summed E-state index contributed by atoms with van der Waals surface area (Å²) in [5.41, 5.74) is 6.15. The fraction of sp³-hybridized carbons (Fsp3) is 0.316. The molecule has 0 radical (unpaired) electrons. The number of hydrogen-bond acceptors (Lipinski definition) is 8. The number of hydrogen-bond donors (Lipinski definition) is 2. The Labute approximate surface area is 161 Å². The molecule has 1 saturated heterocycles. The van der Waals surface area contributed by atoms with Crippen molar-refractivity contribution in [1.82, 2.24) is 24.5 Å². The summed E-state index contributed by atoms with van der Waals surface area (Å²) in [6.45, 7) is 2.67. The van der Waals surface area contributed by atoms with Crippen molar-refractivity contribution >= 4 is 17.4 Å². The van der Waals surface area contributed by atoms with Crippen molar-refractivity contribution in [3.63, 3.8) is 0 Å². The maximum absolute atomic E-state index is 6.15. The normalized spacial score (nSPS) is 17.5. The molecule has 1 aliphatic rings. The number of rotatable bonds is 6. The van der Waals surface area contributed by atoms with Crippen LogP contribution in [0.5, 0.6) is 0 Å². The van der Waals surface area contributed by atoms with Gasteiger partial charge in [0, 0.05) is 18.7 Å². The lowest BCUT2D eigenvalue weighted by Crippen LogP contribution is -2.34. The van der Waals surface area contributed by atoms with E-state index in [-0.39, 0.29) is 0 Å². The van der Waals surface area contributed by atoms with Gasteiger partial charge in [0.2, 0.25) is 5.82 Å². The molecule has 28 heavy (non-hydrogen) atoms. The van der Waals surface area contributed by atoms with Crippen LogP contribution < -0.4 is 11.1 Å². The molecule has 0 aliphatic carbocycles. The van der Waals surface area contributed by atoms with Gasteiger partial charge >= 0.3 is 0 Å². The predicted molar refractivity (Wildman–Crippen MR) is 104 cm³/mol. The summed E-state index contributed by atoms with van der Waals surface area (Å²) in [6.07, 6.45) is 5.62. The molecule has 1 unspecified atom stereocenters.